The lowest BCUT2D eigenvalue weighted by atomic mass is 9.87. The molecule has 0 fully saturated rings. The van der Waals surface area contributed by atoms with E-state index in [1.807, 2.05) is 87.5 Å². The molecule has 0 aliphatic carbocycles. The third kappa shape index (κ3) is 4.28. The maximum Gasteiger partial charge on any atom is 0.411 e. The standard InChI is InChI=1S/C29H29N3O3/c1-29(2,3)35-28(34)32-24(27(30)33)17-22-21-11-7-8-12-23(21)31-25(22)26(32)20-15-13-19(14-16-20)18-9-5-4-6-10-18/h4-16,24,26,31H,17H2,1-3H3,(H2,30,33)/t24-,26+/m1/s1. The second-order valence-corrected chi connectivity index (χ2v) is 9.96. The minimum Gasteiger partial charge on any atom is -0.444 e. The van der Waals surface area contributed by atoms with E-state index in [0.717, 1.165) is 38.9 Å². The van der Waals surface area contributed by atoms with E-state index < -0.39 is 29.7 Å². The number of rotatable bonds is 3. The van der Waals surface area contributed by atoms with Crippen LogP contribution in [0.2, 0.25) is 0 Å². The Morgan fingerprint density at radius 1 is 0.914 bits per heavy atom. The third-order valence-corrected chi connectivity index (χ3v) is 6.40. The molecule has 2 amide bonds. The van der Waals surface area contributed by atoms with Gasteiger partial charge in [0.1, 0.15) is 17.7 Å². The summed E-state index contributed by atoms with van der Waals surface area (Å²) in [6.07, 6.45) is -0.241. The van der Waals surface area contributed by atoms with Crippen molar-refractivity contribution >= 4 is 22.9 Å². The Balaban J connectivity index is 1.67. The fourth-order valence-corrected chi connectivity index (χ4v) is 4.89. The first kappa shape index (κ1) is 22.7. The van der Waals surface area contributed by atoms with Crippen molar-refractivity contribution < 1.29 is 14.3 Å². The van der Waals surface area contributed by atoms with Crippen LogP contribution in [0.4, 0.5) is 4.79 Å². The maximum absolute atomic E-state index is 13.5. The molecule has 0 radical (unpaired) electrons. The highest BCUT2D eigenvalue weighted by Gasteiger charge is 2.44. The van der Waals surface area contributed by atoms with Gasteiger partial charge in [0.2, 0.25) is 5.91 Å². The zero-order valence-corrected chi connectivity index (χ0v) is 20.1. The Bertz CT molecular complexity index is 1380. The van der Waals surface area contributed by atoms with Gasteiger partial charge >= 0.3 is 6.09 Å². The molecule has 3 aromatic carbocycles. The Kier molecular flexibility index (Phi) is 5.59. The molecule has 3 N–H and O–H groups in total. The summed E-state index contributed by atoms with van der Waals surface area (Å²) in [5, 5.41) is 1.03. The third-order valence-electron chi connectivity index (χ3n) is 6.40. The van der Waals surface area contributed by atoms with Crippen LogP contribution in [-0.2, 0) is 16.0 Å². The number of nitrogens with one attached hydrogen (secondary N) is 1. The number of aromatic amines is 1. The van der Waals surface area contributed by atoms with Gasteiger partial charge in [-0.15, -0.1) is 0 Å². The number of para-hydroxylation sites is 1. The van der Waals surface area contributed by atoms with Crippen LogP contribution in [0, 0.1) is 0 Å². The minimum absolute atomic E-state index is 0.326. The average molecular weight is 468 g/mol. The summed E-state index contributed by atoms with van der Waals surface area (Å²) in [5.74, 6) is -0.558. The van der Waals surface area contributed by atoms with Crippen LogP contribution in [0.15, 0.2) is 78.9 Å². The lowest BCUT2D eigenvalue weighted by Gasteiger charge is -2.41. The van der Waals surface area contributed by atoms with E-state index in [-0.39, 0.29) is 0 Å². The molecule has 35 heavy (non-hydrogen) atoms. The number of aromatic nitrogens is 1. The van der Waals surface area contributed by atoms with Gasteiger partial charge in [0.25, 0.3) is 0 Å². The molecule has 0 bridgehead atoms. The summed E-state index contributed by atoms with van der Waals surface area (Å²) in [5.41, 5.74) is 11.0. The Hall–Kier alpha value is -4.06. The molecule has 5 rings (SSSR count). The summed E-state index contributed by atoms with van der Waals surface area (Å²) in [6, 6.07) is 24.8. The number of H-pyrrole nitrogens is 1. The molecular formula is C29H29N3O3. The molecular weight excluding hydrogens is 438 g/mol. The van der Waals surface area contributed by atoms with Crippen LogP contribution in [-0.4, -0.2) is 33.5 Å². The van der Waals surface area contributed by atoms with Crippen molar-refractivity contribution in [1.29, 1.82) is 0 Å². The summed E-state index contributed by atoms with van der Waals surface area (Å²) >= 11 is 0. The van der Waals surface area contributed by atoms with Gasteiger partial charge in [-0.05, 0) is 49.1 Å². The van der Waals surface area contributed by atoms with Crippen LogP contribution in [0.5, 0.6) is 0 Å². The highest BCUT2D eigenvalue weighted by atomic mass is 16.6. The highest BCUT2D eigenvalue weighted by molar-refractivity contribution is 5.90. The van der Waals surface area contributed by atoms with Gasteiger partial charge in [-0.2, -0.15) is 0 Å². The van der Waals surface area contributed by atoms with E-state index in [4.69, 9.17) is 10.5 Å². The number of nitrogens with two attached hydrogens (primary N) is 1. The molecule has 0 saturated heterocycles. The molecule has 0 spiro atoms. The van der Waals surface area contributed by atoms with Crippen LogP contribution in [0.25, 0.3) is 22.0 Å². The largest absolute Gasteiger partial charge is 0.444 e. The fourth-order valence-electron chi connectivity index (χ4n) is 4.89. The zero-order chi connectivity index (χ0) is 24.7. The molecule has 178 valence electrons. The minimum atomic E-state index is -0.838. The van der Waals surface area contributed by atoms with Crippen LogP contribution in [0.3, 0.4) is 0 Å². The van der Waals surface area contributed by atoms with Gasteiger partial charge in [0.05, 0.1) is 0 Å². The number of carbonyl (C=O) groups is 2. The number of hydrogen-bond acceptors (Lipinski definition) is 3. The van der Waals surface area contributed by atoms with E-state index >= 15 is 0 Å². The molecule has 0 saturated carbocycles. The SMILES string of the molecule is CC(C)(C)OC(=O)N1[C@@H](c2ccc(-c3ccccc3)cc2)c2[nH]c3ccccc3c2C[C@@H]1C(N)=O. The molecule has 1 aromatic heterocycles. The Morgan fingerprint density at radius 2 is 1.54 bits per heavy atom. The summed E-state index contributed by atoms with van der Waals surface area (Å²) in [6.45, 7) is 5.43. The number of primary amides is 1. The lowest BCUT2D eigenvalue weighted by Crippen LogP contribution is -2.54. The van der Waals surface area contributed by atoms with Crippen molar-refractivity contribution in [2.45, 2.75) is 44.9 Å². The van der Waals surface area contributed by atoms with Gasteiger partial charge in [0, 0.05) is 23.0 Å². The van der Waals surface area contributed by atoms with E-state index in [9.17, 15) is 9.59 Å². The highest BCUT2D eigenvalue weighted by Crippen LogP contribution is 2.42. The lowest BCUT2D eigenvalue weighted by molar-refractivity contribution is -0.124. The molecule has 2 atom stereocenters. The number of amides is 2. The molecule has 2 heterocycles. The second kappa shape index (κ2) is 8.62. The second-order valence-electron chi connectivity index (χ2n) is 9.96. The number of nitrogens with zero attached hydrogens (tertiary/aromatic N) is 1. The molecule has 0 unspecified atom stereocenters. The van der Waals surface area contributed by atoms with Crippen molar-refractivity contribution in [3.05, 3.63) is 95.7 Å². The van der Waals surface area contributed by atoms with Crippen molar-refractivity contribution in [3.8, 4) is 11.1 Å². The Morgan fingerprint density at radius 3 is 2.20 bits per heavy atom. The zero-order valence-electron chi connectivity index (χ0n) is 20.1. The van der Waals surface area contributed by atoms with E-state index in [2.05, 4.69) is 17.1 Å². The number of carbonyl (C=O) groups excluding carboxylic acids is 2. The average Bonchev–Trinajstić information content (AvgIpc) is 3.21. The number of ether oxygens (including phenoxy) is 1. The first-order valence-corrected chi connectivity index (χ1v) is 11.8. The molecule has 4 aromatic rings. The van der Waals surface area contributed by atoms with E-state index in [1.54, 1.807) is 0 Å². The smallest absolute Gasteiger partial charge is 0.411 e. The number of hydrogen-bond donors (Lipinski definition) is 2. The van der Waals surface area contributed by atoms with Gasteiger partial charge < -0.3 is 15.5 Å². The van der Waals surface area contributed by atoms with Crippen molar-refractivity contribution in [1.82, 2.24) is 9.88 Å². The Labute approximate surface area is 204 Å². The van der Waals surface area contributed by atoms with Gasteiger partial charge in [-0.3, -0.25) is 9.69 Å². The predicted molar refractivity (Wildman–Crippen MR) is 137 cm³/mol. The van der Waals surface area contributed by atoms with Crippen molar-refractivity contribution in [2.24, 2.45) is 5.73 Å². The normalized spacial score (nSPS) is 17.7. The predicted octanol–water partition coefficient (Wildman–Crippen LogP) is 5.57. The van der Waals surface area contributed by atoms with Gasteiger partial charge in [0.15, 0.2) is 0 Å². The summed E-state index contributed by atoms with van der Waals surface area (Å²) in [7, 11) is 0. The number of fused-ring (bicyclic) bond motifs is 3. The summed E-state index contributed by atoms with van der Waals surface area (Å²) in [4.78, 5) is 31.2. The first-order chi connectivity index (χ1) is 16.7. The summed E-state index contributed by atoms with van der Waals surface area (Å²) < 4.78 is 5.76. The number of benzene rings is 3. The van der Waals surface area contributed by atoms with Gasteiger partial charge in [-0.25, -0.2) is 4.79 Å². The van der Waals surface area contributed by atoms with Crippen LogP contribution >= 0.6 is 0 Å². The van der Waals surface area contributed by atoms with Crippen molar-refractivity contribution in [3.63, 3.8) is 0 Å². The van der Waals surface area contributed by atoms with Crippen LogP contribution < -0.4 is 5.73 Å². The van der Waals surface area contributed by atoms with Gasteiger partial charge in [-0.1, -0.05) is 72.8 Å². The molecule has 6 nitrogen and oxygen atoms in total. The molecule has 1 aliphatic heterocycles. The van der Waals surface area contributed by atoms with E-state index in [0.29, 0.717) is 6.42 Å². The molecule has 6 heteroatoms. The van der Waals surface area contributed by atoms with E-state index in [1.165, 1.54) is 4.90 Å². The first-order valence-electron chi connectivity index (χ1n) is 11.8. The topological polar surface area (TPSA) is 88.4 Å². The van der Waals surface area contributed by atoms with Crippen molar-refractivity contribution in [2.75, 3.05) is 0 Å². The fraction of sp³-hybridized carbons (Fsp3) is 0.241. The molecule has 1 aliphatic rings. The monoisotopic (exact) mass is 467 g/mol. The van der Waals surface area contributed by atoms with Crippen LogP contribution in [0.1, 0.15) is 43.6 Å². The maximum atomic E-state index is 13.5. The quantitative estimate of drug-likeness (QED) is 0.413.